The standard InChI is InChI=1S/C10H13N5O/c1-2-11-8-5-7(3-4-12-8)10-13-9(6-16)14-15-10/h3-5,16H,2,6H2,1H3,(H,11,12)(H,13,14,15). The first-order chi connectivity index (χ1) is 7.83. The summed E-state index contributed by atoms with van der Waals surface area (Å²) in [6, 6.07) is 3.72. The number of aliphatic hydroxyl groups excluding tert-OH is 1. The smallest absolute Gasteiger partial charge is 0.176 e. The molecule has 16 heavy (non-hydrogen) atoms. The van der Waals surface area contributed by atoms with E-state index in [9.17, 15) is 0 Å². The molecule has 0 spiro atoms. The van der Waals surface area contributed by atoms with Gasteiger partial charge in [0.1, 0.15) is 12.4 Å². The first kappa shape index (κ1) is 10.6. The summed E-state index contributed by atoms with van der Waals surface area (Å²) in [6.07, 6.45) is 1.70. The predicted molar refractivity (Wildman–Crippen MR) is 59.7 cm³/mol. The molecule has 0 aromatic carbocycles. The highest BCUT2D eigenvalue weighted by molar-refractivity contribution is 5.59. The van der Waals surface area contributed by atoms with Gasteiger partial charge in [0.25, 0.3) is 0 Å². The van der Waals surface area contributed by atoms with Crippen molar-refractivity contribution in [1.82, 2.24) is 20.2 Å². The predicted octanol–water partition coefficient (Wildman–Crippen LogP) is 0.791. The lowest BCUT2D eigenvalue weighted by Gasteiger charge is -2.02. The van der Waals surface area contributed by atoms with Gasteiger partial charge >= 0.3 is 0 Å². The molecule has 6 heteroatoms. The fourth-order valence-electron chi connectivity index (χ4n) is 1.35. The fraction of sp³-hybridized carbons (Fsp3) is 0.300. The molecule has 0 atom stereocenters. The minimum absolute atomic E-state index is 0.165. The molecule has 0 unspecified atom stereocenters. The Kier molecular flexibility index (Phi) is 3.11. The number of aromatic amines is 1. The molecule has 0 aliphatic rings. The first-order valence-corrected chi connectivity index (χ1v) is 5.06. The average molecular weight is 219 g/mol. The monoisotopic (exact) mass is 219 g/mol. The lowest BCUT2D eigenvalue weighted by atomic mass is 10.2. The molecular weight excluding hydrogens is 206 g/mol. The van der Waals surface area contributed by atoms with Crippen LogP contribution in [0.5, 0.6) is 0 Å². The van der Waals surface area contributed by atoms with Gasteiger partial charge in [0, 0.05) is 18.3 Å². The molecular formula is C10H13N5O. The molecule has 84 valence electrons. The summed E-state index contributed by atoms with van der Waals surface area (Å²) in [6.45, 7) is 2.66. The summed E-state index contributed by atoms with van der Waals surface area (Å²) < 4.78 is 0. The molecule has 6 nitrogen and oxygen atoms in total. The van der Waals surface area contributed by atoms with E-state index in [1.165, 1.54) is 0 Å². The molecule has 2 aromatic rings. The summed E-state index contributed by atoms with van der Waals surface area (Å²) in [5.41, 5.74) is 0.887. The van der Waals surface area contributed by atoms with Crippen molar-refractivity contribution < 1.29 is 5.11 Å². The highest BCUT2D eigenvalue weighted by Gasteiger charge is 2.05. The van der Waals surface area contributed by atoms with E-state index in [1.807, 2.05) is 19.1 Å². The van der Waals surface area contributed by atoms with Crippen LogP contribution in [0.2, 0.25) is 0 Å². The molecule has 0 amide bonds. The third-order valence-electron chi connectivity index (χ3n) is 2.06. The number of rotatable bonds is 4. The van der Waals surface area contributed by atoms with Crippen molar-refractivity contribution in [3.63, 3.8) is 0 Å². The lowest BCUT2D eigenvalue weighted by molar-refractivity contribution is 0.272. The van der Waals surface area contributed by atoms with Crippen LogP contribution in [-0.2, 0) is 6.61 Å². The van der Waals surface area contributed by atoms with Crippen LogP contribution in [0.3, 0.4) is 0 Å². The van der Waals surface area contributed by atoms with Gasteiger partial charge in [0.15, 0.2) is 11.6 Å². The Bertz CT molecular complexity index is 468. The normalized spacial score (nSPS) is 10.4. The van der Waals surface area contributed by atoms with Crippen LogP contribution >= 0.6 is 0 Å². The highest BCUT2D eigenvalue weighted by Crippen LogP contribution is 2.16. The Morgan fingerprint density at radius 3 is 3.06 bits per heavy atom. The van der Waals surface area contributed by atoms with Gasteiger partial charge in [-0.25, -0.2) is 9.97 Å². The van der Waals surface area contributed by atoms with E-state index in [4.69, 9.17) is 5.11 Å². The quantitative estimate of drug-likeness (QED) is 0.707. The number of nitrogens with zero attached hydrogens (tertiary/aromatic N) is 3. The molecule has 0 bridgehead atoms. The molecule has 3 N–H and O–H groups in total. The summed E-state index contributed by atoms with van der Waals surface area (Å²) in [5, 5.41) is 18.6. The third-order valence-corrected chi connectivity index (χ3v) is 2.06. The molecule has 2 aromatic heterocycles. The maximum atomic E-state index is 8.87. The third kappa shape index (κ3) is 2.17. The van der Waals surface area contributed by atoms with Crippen LogP contribution in [0, 0.1) is 0 Å². The van der Waals surface area contributed by atoms with Gasteiger partial charge in [-0.05, 0) is 19.1 Å². The molecule has 0 saturated carbocycles. The molecule has 0 aliphatic carbocycles. The van der Waals surface area contributed by atoms with Gasteiger partial charge in [-0.15, -0.1) is 0 Å². The van der Waals surface area contributed by atoms with Gasteiger partial charge < -0.3 is 10.4 Å². The maximum absolute atomic E-state index is 8.87. The van der Waals surface area contributed by atoms with E-state index in [0.717, 1.165) is 17.9 Å². The van der Waals surface area contributed by atoms with Gasteiger partial charge in [-0.3, -0.25) is 5.10 Å². The Balaban J connectivity index is 2.28. The number of anilines is 1. The zero-order valence-corrected chi connectivity index (χ0v) is 8.94. The van der Waals surface area contributed by atoms with Crippen molar-refractivity contribution >= 4 is 5.82 Å². The molecule has 2 rings (SSSR count). The topological polar surface area (TPSA) is 86.7 Å². The minimum Gasteiger partial charge on any atom is -0.388 e. The van der Waals surface area contributed by atoms with Crippen LogP contribution in [0.15, 0.2) is 18.3 Å². The lowest BCUT2D eigenvalue weighted by Crippen LogP contribution is -1.98. The van der Waals surface area contributed by atoms with E-state index >= 15 is 0 Å². The van der Waals surface area contributed by atoms with Crippen molar-refractivity contribution in [2.75, 3.05) is 11.9 Å². The highest BCUT2D eigenvalue weighted by atomic mass is 16.3. The Labute approximate surface area is 92.8 Å². The van der Waals surface area contributed by atoms with Crippen LogP contribution < -0.4 is 5.32 Å². The maximum Gasteiger partial charge on any atom is 0.176 e. The summed E-state index contributed by atoms with van der Waals surface area (Å²) in [4.78, 5) is 8.29. The average Bonchev–Trinajstić information content (AvgIpc) is 2.78. The van der Waals surface area contributed by atoms with E-state index in [2.05, 4.69) is 25.5 Å². The van der Waals surface area contributed by atoms with Crippen LogP contribution in [0.25, 0.3) is 11.4 Å². The van der Waals surface area contributed by atoms with Gasteiger partial charge in [0.2, 0.25) is 0 Å². The zero-order valence-electron chi connectivity index (χ0n) is 8.94. The summed E-state index contributed by atoms with van der Waals surface area (Å²) in [7, 11) is 0. The first-order valence-electron chi connectivity index (χ1n) is 5.06. The number of nitrogens with one attached hydrogen (secondary N) is 2. The summed E-state index contributed by atoms with van der Waals surface area (Å²) in [5.74, 6) is 1.81. The van der Waals surface area contributed by atoms with Gasteiger partial charge in [-0.2, -0.15) is 5.10 Å². The second-order valence-corrected chi connectivity index (χ2v) is 3.22. The van der Waals surface area contributed by atoms with E-state index in [1.54, 1.807) is 6.20 Å². The Morgan fingerprint density at radius 1 is 1.50 bits per heavy atom. The molecule has 0 saturated heterocycles. The van der Waals surface area contributed by atoms with Gasteiger partial charge in [0.05, 0.1) is 0 Å². The van der Waals surface area contributed by atoms with E-state index < -0.39 is 0 Å². The van der Waals surface area contributed by atoms with Crippen molar-refractivity contribution in [2.45, 2.75) is 13.5 Å². The van der Waals surface area contributed by atoms with Crippen molar-refractivity contribution in [2.24, 2.45) is 0 Å². The molecule has 2 heterocycles. The Morgan fingerprint density at radius 2 is 2.38 bits per heavy atom. The second-order valence-electron chi connectivity index (χ2n) is 3.22. The molecule has 0 aliphatic heterocycles. The van der Waals surface area contributed by atoms with Gasteiger partial charge in [-0.1, -0.05) is 0 Å². The van der Waals surface area contributed by atoms with E-state index in [0.29, 0.717) is 11.6 Å². The van der Waals surface area contributed by atoms with E-state index in [-0.39, 0.29) is 6.61 Å². The fourth-order valence-corrected chi connectivity index (χ4v) is 1.35. The minimum atomic E-state index is -0.165. The number of H-pyrrole nitrogens is 1. The Hall–Kier alpha value is -1.95. The number of pyridine rings is 1. The molecule has 0 fully saturated rings. The van der Waals surface area contributed by atoms with Crippen LogP contribution in [0.1, 0.15) is 12.7 Å². The second kappa shape index (κ2) is 4.71. The SMILES string of the molecule is CCNc1cc(-c2nc(CO)n[nH]2)ccn1. The number of aliphatic hydroxyl groups is 1. The van der Waals surface area contributed by atoms with Crippen molar-refractivity contribution in [3.8, 4) is 11.4 Å². The van der Waals surface area contributed by atoms with Crippen LogP contribution in [0.4, 0.5) is 5.82 Å². The molecule has 0 radical (unpaired) electrons. The largest absolute Gasteiger partial charge is 0.388 e. The van der Waals surface area contributed by atoms with Crippen molar-refractivity contribution in [3.05, 3.63) is 24.2 Å². The summed E-state index contributed by atoms with van der Waals surface area (Å²) >= 11 is 0. The number of hydrogen-bond acceptors (Lipinski definition) is 5. The van der Waals surface area contributed by atoms with Crippen LogP contribution in [-0.4, -0.2) is 31.8 Å². The van der Waals surface area contributed by atoms with Crippen molar-refractivity contribution in [1.29, 1.82) is 0 Å². The zero-order chi connectivity index (χ0) is 11.4. The number of aromatic nitrogens is 4. The number of hydrogen-bond donors (Lipinski definition) is 3.